The number of aliphatic hydroxyl groups is 3. The number of fused-ring (bicyclic) bond motifs is 1. The van der Waals surface area contributed by atoms with Crippen molar-refractivity contribution < 1.29 is 24.9 Å². The second-order valence-electron chi connectivity index (χ2n) is 7.24. The van der Waals surface area contributed by atoms with Crippen LogP contribution in [0.15, 0.2) is 12.7 Å². The van der Waals surface area contributed by atoms with Gasteiger partial charge in [0.2, 0.25) is 0 Å². The number of anilines is 1. The van der Waals surface area contributed by atoms with Gasteiger partial charge in [-0.3, -0.25) is 9.36 Å². The van der Waals surface area contributed by atoms with Crippen LogP contribution in [-0.4, -0.2) is 70.7 Å². The molecule has 3 rings (SSSR count). The number of aliphatic hydroxyl groups excluding tert-OH is 3. The summed E-state index contributed by atoms with van der Waals surface area (Å²) < 4.78 is 6.96. The fourth-order valence-corrected chi connectivity index (χ4v) is 2.83. The van der Waals surface area contributed by atoms with Crippen LogP contribution in [-0.2, 0) is 9.53 Å². The summed E-state index contributed by atoms with van der Waals surface area (Å²) in [4.78, 5) is 24.1. The monoisotopic (exact) mass is 366 g/mol. The molecule has 2 aromatic heterocycles. The van der Waals surface area contributed by atoms with Crippen molar-refractivity contribution in [1.82, 2.24) is 24.8 Å². The summed E-state index contributed by atoms with van der Waals surface area (Å²) in [5.74, 6) is -0.556. The SMILES string of the molecule is CC(C)(C)NC(=O)C(O)[C@H]1O[C@@H](n2cnc3c(N)ncnc32)[C@H](O)[C@@H]1O. The van der Waals surface area contributed by atoms with Crippen molar-refractivity contribution in [2.75, 3.05) is 5.73 Å². The second-order valence-corrected chi connectivity index (χ2v) is 7.24. The number of nitrogens with zero attached hydrogens (tertiary/aromatic N) is 4. The number of nitrogens with two attached hydrogens (primary N) is 1. The Balaban J connectivity index is 1.85. The quantitative estimate of drug-likeness (QED) is 0.425. The van der Waals surface area contributed by atoms with E-state index in [1.807, 2.05) is 0 Å². The number of aromatic nitrogens is 4. The van der Waals surface area contributed by atoms with Crippen LogP contribution in [0.3, 0.4) is 0 Å². The van der Waals surface area contributed by atoms with Gasteiger partial charge in [0, 0.05) is 5.54 Å². The first kappa shape index (κ1) is 18.5. The molecule has 3 heterocycles. The van der Waals surface area contributed by atoms with Gasteiger partial charge in [-0.05, 0) is 20.8 Å². The highest BCUT2D eigenvalue weighted by molar-refractivity contribution is 5.82. The van der Waals surface area contributed by atoms with E-state index >= 15 is 0 Å². The number of imidazole rings is 1. The molecule has 2 aromatic rings. The van der Waals surface area contributed by atoms with Gasteiger partial charge in [-0.2, -0.15) is 0 Å². The number of nitrogen functional groups attached to an aromatic ring is 1. The first-order valence-corrected chi connectivity index (χ1v) is 8.05. The first-order valence-electron chi connectivity index (χ1n) is 8.05. The summed E-state index contributed by atoms with van der Waals surface area (Å²) in [6.45, 7) is 5.26. The molecule has 142 valence electrons. The van der Waals surface area contributed by atoms with Crippen molar-refractivity contribution >= 4 is 22.9 Å². The highest BCUT2D eigenvalue weighted by Gasteiger charge is 2.49. The summed E-state index contributed by atoms with van der Waals surface area (Å²) >= 11 is 0. The summed E-state index contributed by atoms with van der Waals surface area (Å²) in [6.07, 6.45) is -4.43. The summed E-state index contributed by atoms with van der Waals surface area (Å²) in [7, 11) is 0. The van der Waals surface area contributed by atoms with Crippen molar-refractivity contribution in [1.29, 1.82) is 0 Å². The molecule has 1 aliphatic heterocycles. The number of nitrogens with one attached hydrogen (secondary N) is 1. The molecule has 1 saturated heterocycles. The van der Waals surface area contributed by atoms with Gasteiger partial charge in [-0.25, -0.2) is 15.0 Å². The van der Waals surface area contributed by atoms with Gasteiger partial charge in [0.05, 0.1) is 6.33 Å². The lowest BCUT2D eigenvalue weighted by atomic mass is 10.0. The van der Waals surface area contributed by atoms with Crippen LogP contribution in [0.4, 0.5) is 5.82 Å². The average Bonchev–Trinajstić information content (AvgIpc) is 3.09. The Morgan fingerprint density at radius 2 is 2.00 bits per heavy atom. The van der Waals surface area contributed by atoms with E-state index in [1.54, 1.807) is 20.8 Å². The van der Waals surface area contributed by atoms with Crippen molar-refractivity contribution in [3.05, 3.63) is 12.7 Å². The molecular weight excluding hydrogens is 344 g/mol. The Morgan fingerprint density at radius 1 is 1.31 bits per heavy atom. The highest BCUT2D eigenvalue weighted by atomic mass is 16.6. The lowest BCUT2D eigenvalue weighted by Gasteiger charge is -2.26. The normalized spacial score (nSPS) is 27.6. The Hall–Kier alpha value is -2.34. The number of ether oxygens (including phenoxy) is 1. The van der Waals surface area contributed by atoms with Crippen LogP contribution in [0.2, 0.25) is 0 Å². The number of carbonyl (C=O) groups excluding carboxylic acids is 1. The Bertz CT molecular complexity index is 818. The molecule has 5 atom stereocenters. The number of carbonyl (C=O) groups is 1. The average molecular weight is 366 g/mol. The van der Waals surface area contributed by atoms with Gasteiger partial charge in [-0.15, -0.1) is 0 Å². The fraction of sp³-hybridized carbons (Fsp3) is 0.600. The molecule has 6 N–H and O–H groups in total. The third kappa shape index (κ3) is 3.21. The van der Waals surface area contributed by atoms with Crippen LogP contribution in [0, 0.1) is 0 Å². The van der Waals surface area contributed by atoms with Gasteiger partial charge < -0.3 is 31.1 Å². The maximum atomic E-state index is 12.2. The maximum Gasteiger partial charge on any atom is 0.252 e. The van der Waals surface area contributed by atoms with Crippen molar-refractivity contribution in [2.24, 2.45) is 0 Å². The van der Waals surface area contributed by atoms with Crippen molar-refractivity contribution in [3.63, 3.8) is 0 Å². The molecule has 1 unspecified atom stereocenters. The lowest BCUT2D eigenvalue weighted by Crippen LogP contribution is -2.52. The largest absolute Gasteiger partial charge is 0.387 e. The van der Waals surface area contributed by atoms with Crippen LogP contribution < -0.4 is 11.1 Å². The van der Waals surface area contributed by atoms with Crippen LogP contribution >= 0.6 is 0 Å². The van der Waals surface area contributed by atoms with Crippen LogP contribution in [0.5, 0.6) is 0 Å². The first-order chi connectivity index (χ1) is 12.1. The maximum absolute atomic E-state index is 12.2. The van der Waals surface area contributed by atoms with E-state index in [2.05, 4.69) is 20.3 Å². The Labute approximate surface area is 148 Å². The molecule has 0 spiro atoms. The van der Waals surface area contributed by atoms with Gasteiger partial charge >= 0.3 is 0 Å². The van der Waals surface area contributed by atoms with Crippen molar-refractivity contribution in [3.8, 4) is 0 Å². The molecule has 1 aliphatic rings. The highest BCUT2D eigenvalue weighted by Crippen LogP contribution is 2.33. The molecule has 0 radical (unpaired) electrons. The van der Waals surface area contributed by atoms with E-state index in [9.17, 15) is 20.1 Å². The smallest absolute Gasteiger partial charge is 0.252 e. The predicted molar refractivity (Wildman–Crippen MR) is 89.6 cm³/mol. The van der Waals surface area contributed by atoms with Crippen LogP contribution in [0.25, 0.3) is 11.2 Å². The summed E-state index contributed by atoms with van der Waals surface area (Å²) in [6, 6.07) is 0. The zero-order chi connectivity index (χ0) is 19.2. The van der Waals surface area contributed by atoms with E-state index < -0.39 is 42.1 Å². The molecule has 11 nitrogen and oxygen atoms in total. The molecule has 0 aromatic carbocycles. The van der Waals surface area contributed by atoms with Gasteiger partial charge in [-0.1, -0.05) is 0 Å². The second kappa shape index (κ2) is 6.43. The molecule has 0 aliphatic carbocycles. The van der Waals surface area contributed by atoms with E-state index in [0.29, 0.717) is 11.2 Å². The lowest BCUT2D eigenvalue weighted by molar-refractivity contribution is -0.144. The minimum atomic E-state index is -1.67. The topological polar surface area (TPSA) is 169 Å². The number of hydrogen-bond acceptors (Lipinski definition) is 9. The minimum Gasteiger partial charge on any atom is -0.387 e. The Morgan fingerprint density at radius 3 is 2.65 bits per heavy atom. The predicted octanol–water partition coefficient (Wildman–Crippen LogP) is -1.70. The zero-order valence-electron chi connectivity index (χ0n) is 14.6. The van der Waals surface area contributed by atoms with Crippen molar-refractivity contribution in [2.45, 2.75) is 57.0 Å². The number of rotatable bonds is 3. The Kier molecular flexibility index (Phi) is 4.56. The summed E-state index contributed by atoms with van der Waals surface area (Å²) in [5, 5.41) is 33.5. The fourth-order valence-electron chi connectivity index (χ4n) is 2.83. The third-order valence-corrected chi connectivity index (χ3v) is 4.01. The third-order valence-electron chi connectivity index (χ3n) is 4.01. The summed E-state index contributed by atoms with van der Waals surface area (Å²) in [5.41, 5.74) is 5.76. The molecule has 1 fully saturated rings. The number of amides is 1. The van der Waals surface area contributed by atoms with Gasteiger partial charge in [0.25, 0.3) is 5.91 Å². The van der Waals surface area contributed by atoms with E-state index in [-0.39, 0.29) is 5.82 Å². The van der Waals surface area contributed by atoms with E-state index in [1.165, 1.54) is 17.2 Å². The van der Waals surface area contributed by atoms with Gasteiger partial charge in [0.15, 0.2) is 23.8 Å². The molecule has 0 bridgehead atoms. The molecule has 26 heavy (non-hydrogen) atoms. The molecular formula is C15H22N6O5. The zero-order valence-corrected chi connectivity index (χ0v) is 14.6. The minimum absolute atomic E-state index is 0.155. The molecule has 11 heteroatoms. The van der Waals surface area contributed by atoms with Gasteiger partial charge in [0.1, 0.15) is 30.2 Å². The molecule has 0 saturated carbocycles. The van der Waals surface area contributed by atoms with Crippen LogP contribution in [0.1, 0.15) is 27.0 Å². The number of hydrogen-bond donors (Lipinski definition) is 5. The standard InChI is InChI=1S/C15H22N6O5/c1-15(2,3)20-13(25)9(24)10-7(22)8(23)14(26-10)21-5-19-6-11(16)17-4-18-12(6)21/h4-5,7-10,14,22-24H,1-3H3,(H,20,25)(H2,16,17,18)/t7-,8+,9?,10-,14+/m0/s1. The van der Waals surface area contributed by atoms with E-state index in [4.69, 9.17) is 10.5 Å². The van der Waals surface area contributed by atoms with E-state index in [0.717, 1.165) is 0 Å². The molecule has 1 amide bonds.